The van der Waals surface area contributed by atoms with Crippen molar-refractivity contribution in [3.8, 4) is 0 Å². The first-order chi connectivity index (χ1) is 9.60. The van der Waals surface area contributed by atoms with Gasteiger partial charge < -0.3 is 4.74 Å². The maximum Gasteiger partial charge on any atom is 0.306 e. The van der Waals surface area contributed by atoms with E-state index in [0.29, 0.717) is 6.42 Å². The Labute approximate surface area is 120 Å². The van der Waals surface area contributed by atoms with Crippen LogP contribution in [0.1, 0.15) is 34.6 Å². The minimum Gasteiger partial charge on any atom is -0.469 e. The molecule has 0 atom stereocenters. The van der Waals surface area contributed by atoms with E-state index in [9.17, 15) is 4.79 Å². The van der Waals surface area contributed by atoms with Crippen LogP contribution in [0.4, 0.5) is 0 Å². The van der Waals surface area contributed by atoms with Crippen molar-refractivity contribution in [3.05, 3.63) is 70.8 Å². The predicted octanol–water partition coefficient (Wildman–Crippen LogP) is 4.00. The van der Waals surface area contributed by atoms with Crippen LogP contribution < -0.4 is 0 Å². The van der Waals surface area contributed by atoms with Gasteiger partial charge in [-0.2, -0.15) is 0 Å². The monoisotopic (exact) mass is 268 g/mol. The fraction of sp³-hybridized carbons (Fsp3) is 0.278. The molecule has 0 heterocycles. The Morgan fingerprint density at radius 2 is 1.50 bits per heavy atom. The third-order valence-corrected chi connectivity index (χ3v) is 3.49. The van der Waals surface area contributed by atoms with E-state index in [1.54, 1.807) is 0 Å². The standard InChI is InChI=1S/C18H20O2/c1-13-6-4-8-15(10-13)17(12-18(19)20-3)16-9-5-7-14(2)11-16/h4-11,17H,12H2,1-3H3. The van der Waals surface area contributed by atoms with Gasteiger partial charge in [0.15, 0.2) is 0 Å². The van der Waals surface area contributed by atoms with Crippen LogP contribution in [0.5, 0.6) is 0 Å². The molecule has 0 amide bonds. The Bertz CT molecular complexity index is 556. The molecule has 0 unspecified atom stereocenters. The minimum atomic E-state index is -0.182. The molecule has 2 rings (SSSR count). The summed E-state index contributed by atoms with van der Waals surface area (Å²) in [5.74, 6) is -0.139. The topological polar surface area (TPSA) is 26.3 Å². The van der Waals surface area contributed by atoms with Crippen LogP contribution in [0, 0.1) is 13.8 Å². The molecule has 2 nitrogen and oxygen atoms in total. The van der Waals surface area contributed by atoms with Gasteiger partial charge >= 0.3 is 5.97 Å². The molecule has 0 bridgehead atoms. The smallest absolute Gasteiger partial charge is 0.306 e. The highest BCUT2D eigenvalue weighted by atomic mass is 16.5. The maximum atomic E-state index is 11.7. The Balaban J connectivity index is 2.41. The van der Waals surface area contributed by atoms with Crippen LogP contribution in [0.2, 0.25) is 0 Å². The van der Waals surface area contributed by atoms with Gasteiger partial charge in [0.1, 0.15) is 0 Å². The van der Waals surface area contributed by atoms with Crippen LogP contribution in [0.3, 0.4) is 0 Å². The molecule has 2 aromatic rings. The van der Waals surface area contributed by atoms with Crippen LogP contribution in [0.25, 0.3) is 0 Å². The second kappa shape index (κ2) is 6.38. The highest BCUT2D eigenvalue weighted by Crippen LogP contribution is 2.29. The average Bonchev–Trinajstić information content (AvgIpc) is 2.44. The Morgan fingerprint density at radius 1 is 1.00 bits per heavy atom. The average molecular weight is 268 g/mol. The maximum absolute atomic E-state index is 11.7. The summed E-state index contributed by atoms with van der Waals surface area (Å²) in [4.78, 5) is 11.7. The number of carbonyl (C=O) groups excluding carboxylic acids is 1. The van der Waals surface area contributed by atoms with E-state index in [4.69, 9.17) is 4.74 Å². The predicted molar refractivity (Wildman–Crippen MR) is 80.8 cm³/mol. The Morgan fingerprint density at radius 3 is 1.90 bits per heavy atom. The quantitative estimate of drug-likeness (QED) is 0.783. The first kappa shape index (κ1) is 14.3. The summed E-state index contributed by atoms with van der Waals surface area (Å²) < 4.78 is 4.85. The van der Waals surface area contributed by atoms with Gasteiger partial charge in [-0.1, -0.05) is 59.7 Å². The van der Waals surface area contributed by atoms with E-state index in [-0.39, 0.29) is 11.9 Å². The van der Waals surface area contributed by atoms with Crippen molar-refractivity contribution in [2.75, 3.05) is 7.11 Å². The Kier molecular flexibility index (Phi) is 4.57. The lowest BCUT2D eigenvalue weighted by molar-refractivity contribution is -0.140. The summed E-state index contributed by atoms with van der Waals surface area (Å²) in [5.41, 5.74) is 4.71. The number of ether oxygens (including phenoxy) is 1. The molecule has 2 heteroatoms. The fourth-order valence-corrected chi connectivity index (χ4v) is 2.45. The van der Waals surface area contributed by atoms with E-state index in [1.165, 1.54) is 18.2 Å². The van der Waals surface area contributed by atoms with E-state index in [0.717, 1.165) is 11.1 Å². The molecule has 0 aromatic heterocycles. The fourth-order valence-electron chi connectivity index (χ4n) is 2.45. The zero-order chi connectivity index (χ0) is 14.5. The van der Waals surface area contributed by atoms with Crippen LogP contribution in [-0.4, -0.2) is 13.1 Å². The van der Waals surface area contributed by atoms with Crippen LogP contribution >= 0.6 is 0 Å². The minimum absolute atomic E-state index is 0.0437. The SMILES string of the molecule is COC(=O)CC(c1cccc(C)c1)c1cccc(C)c1. The number of aryl methyl sites for hydroxylation is 2. The van der Waals surface area contributed by atoms with Crippen molar-refractivity contribution >= 4 is 5.97 Å². The summed E-state index contributed by atoms with van der Waals surface area (Å²) in [6.45, 7) is 4.13. The zero-order valence-corrected chi connectivity index (χ0v) is 12.2. The summed E-state index contributed by atoms with van der Waals surface area (Å²) in [5, 5.41) is 0. The number of hydrogen-bond donors (Lipinski definition) is 0. The number of methoxy groups -OCH3 is 1. The van der Waals surface area contributed by atoms with Gasteiger partial charge in [-0.05, 0) is 25.0 Å². The number of esters is 1. The van der Waals surface area contributed by atoms with Gasteiger partial charge in [0.2, 0.25) is 0 Å². The lowest BCUT2D eigenvalue weighted by Gasteiger charge is -2.18. The molecule has 0 aliphatic heterocycles. The molecule has 2 aromatic carbocycles. The molecule has 0 saturated carbocycles. The lowest BCUT2D eigenvalue weighted by atomic mass is 9.87. The second-order valence-corrected chi connectivity index (χ2v) is 5.16. The van der Waals surface area contributed by atoms with Crippen molar-refractivity contribution in [2.24, 2.45) is 0 Å². The van der Waals surface area contributed by atoms with Crippen LogP contribution in [-0.2, 0) is 9.53 Å². The molecule has 0 aliphatic rings. The Hall–Kier alpha value is -2.09. The van der Waals surface area contributed by atoms with Crippen molar-refractivity contribution in [2.45, 2.75) is 26.2 Å². The summed E-state index contributed by atoms with van der Waals surface area (Å²) >= 11 is 0. The van der Waals surface area contributed by atoms with Crippen LogP contribution in [0.15, 0.2) is 48.5 Å². The molecule has 0 N–H and O–H groups in total. The highest BCUT2D eigenvalue weighted by Gasteiger charge is 2.18. The molecular formula is C18H20O2. The van der Waals surface area contributed by atoms with E-state index >= 15 is 0 Å². The van der Waals surface area contributed by atoms with E-state index in [2.05, 4.69) is 50.2 Å². The van der Waals surface area contributed by atoms with E-state index in [1.807, 2.05) is 12.1 Å². The van der Waals surface area contributed by atoms with Crippen molar-refractivity contribution < 1.29 is 9.53 Å². The van der Waals surface area contributed by atoms with Gasteiger partial charge in [0.05, 0.1) is 13.5 Å². The molecule has 0 radical (unpaired) electrons. The number of hydrogen-bond acceptors (Lipinski definition) is 2. The first-order valence-electron chi connectivity index (χ1n) is 6.80. The molecule has 104 valence electrons. The van der Waals surface area contributed by atoms with Gasteiger partial charge in [0, 0.05) is 5.92 Å². The molecular weight excluding hydrogens is 248 g/mol. The van der Waals surface area contributed by atoms with Gasteiger partial charge in [-0.15, -0.1) is 0 Å². The van der Waals surface area contributed by atoms with Crippen molar-refractivity contribution in [1.29, 1.82) is 0 Å². The number of rotatable bonds is 4. The highest BCUT2D eigenvalue weighted by molar-refractivity contribution is 5.71. The number of carbonyl (C=O) groups is 1. The summed E-state index contributed by atoms with van der Waals surface area (Å²) in [6.07, 6.45) is 0.364. The molecule has 0 spiro atoms. The van der Waals surface area contributed by atoms with Gasteiger partial charge in [-0.25, -0.2) is 0 Å². The molecule has 0 aliphatic carbocycles. The van der Waals surface area contributed by atoms with E-state index < -0.39 is 0 Å². The second-order valence-electron chi connectivity index (χ2n) is 5.16. The largest absolute Gasteiger partial charge is 0.469 e. The zero-order valence-electron chi connectivity index (χ0n) is 12.2. The lowest BCUT2D eigenvalue weighted by Crippen LogP contribution is -2.10. The van der Waals surface area contributed by atoms with Gasteiger partial charge in [0.25, 0.3) is 0 Å². The molecule has 0 fully saturated rings. The molecule has 0 saturated heterocycles. The normalized spacial score (nSPS) is 10.6. The number of benzene rings is 2. The summed E-state index contributed by atoms with van der Waals surface area (Å²) in [6, 6.07) is 16.6. The molecule has 20 heavy (non-hydrogen) atoms. The first-order valence-corrected chi connectivity index (χ1v) is 6.80. The third kappa shape index (κ3) is 3.47. The third-order valence-electron chi connectivity index (χ3n) is 3.49. The van der Waals surface area contributed by atoms with Crippen molar-refractivity contribution in [1.82, 2.24) is 0 Å². The van der Waals surface area contributed by atoms with Gasteiger partial charge in [-0.3, -0.25) is 4.79 Å². The summed E-state index contributed by atoms with van der Waals surface area (Å²) in [7, 11) is 1.44. The van der Waals surface area contributed by atoms with Crippen molar-refractivity contribution in [3.63, 3.8) is 0 Å².